The van der Waals surface area contributed by atoms with Crippen LogP contribution in [-0.2, 0) is 20.2 Å². The number of hydrogen-bond acceptors (Lipinski definition) is 7. The van der Waals surface area contributed by atoms with Gasteiger partial charge in [0.05, 0.1) is 12.3 Å². The van der Waals surface area contributed by atoms with Gasteiger partial charge in [0, 0.05) is 37.4 Å². The Bertz CT molecular complexity index is 1060. The number of anilines is 1. The van der Waals surface area contributed by atoms with Crippen LogP contribution in [0.15, 0.2) is 48.8 Å². The van der Waals surface area contributed by atoms with Gasteiger partial charge >= 0.3 is 5.91 Å². The fraction of sp³-hybridized carbons (Fsp3) is 0.481. The van der Waals surface area contributed by atoms with Crippen molar-refractivity contribution >= 4 is 29.7 Å². The second-order valence-corrected chi connectivity index (χ2v) is 9.46. The van der Waals surface area contributed by atoms with Crippen LogP contribution in [0.4, 0.5) is 5.69 Å². The van der Waals surface area contributed by atoms with E-state index in [1.54, 1.807) is 41.2 Å². The summed E-state index contributed by atoms with van der Waals surface area (Å²) in [5.41, 5.74) is 0.628. The van der Waals surface area contributed by atoms with E-state index in [0.29, 0.717) is 36.9 Å². The summed E-state index contributed by atoms with van der Waals surface area (Å²) in [7, 11) is 1.52. The van der Waals surface area contributed by atoms with Crippen molar-refractivity contribution in [3.05, 3.63) is 53.8 Å². The number of halogens is 2. The smallest absolute Gasteiger partial charge is 0.439 e. The van der Waals surface area contributed by atoms with Gasteiger partial charge in [-0.1, -0.05) is 24.4 Å². The number of ether oxygens (including phenoxy) is 3. The van der Waals surface area contributed by atoms with Crippen LogP contribution in [0.2, 0.25) is 5.02 Å². The number of nitrogens with one attached hydrogen (secondary N) is 3. The maximum atomic E-state index is 11.3. The van der Waals surface area contributed by atoms with Gasteiger partial charge < -0.3 is 32.5 Å². The van der Waals surface area contributed by atoms with Crippen LogP contribution in [0.5, 0.6) is 5.75 Å². The lowest BCUT2D eigenvalue weighted by atomic mass is 9.95. The minimum Gasteiger partial charge on any atom is -1.00 e. The first-order valence-electron chi connectivity index (χ1n) is 12.8. The molecule has 2 heterocycles. The molecule has 1 aromatic heterocycles. The Morgan fingerprint density at radius 3 is 2.59 bits per heavy atom. The van der Waals surface area contributed by atoms with Crippen molar-refractivity contribution in [2.45, 2.75) is 44.4 Å². The molecule has 39 heavy (non-hydrogen) atoms. The Hall–Kier alpha value is -3.10. The van der Waals surface area contributed by atoms with E-state index >= 15 is 0 Å². The zero-order chi connectivity index (χ0) is 27.2. The van der Waals surface area contributed by atoms with Crippen molar-refractivity contribution in [1.82, 2.24) is 10.2 Å². The number of carbonyl (C=O) groups is 1. The summed E-state index contributed by atoms with van der Waals surface area (Å²) in [6.07, 6.45) is 10.9. The second-order valence-electron chi connectivity index (χ2n) is 9.03. The molecule has 1 aliphatic rings. The quantitative estimate of drug-likeness (QED) is 0.0440. The van der Waals surface area contributed by atoms with Crippen molar-refractivity contribution in [3.8, 4) is 11.9 Å². The van der Waals surface area contributed by atoms with Gasteiger partial charge in [0.2, 0.25) is 5.96 Å². The van der Waals surface area contributed by atoms with Crippen LogP contribution in [0.3, 0.4) is 0 Å². The van der Waals surface area contributed by atoms with Crippen LogP contribution in [-0.4, -0.2) is 50.7 Å². The Morgan fingerprint density at radius 2 is 1.97 bits per heavy atom. The normalized spacial score (nSPS) is 16.1. The first-order valence-corrected chi connectivity index (χ1v) is 13.2. The number of benzene rings is 1. The molecule has 0 radical (unpaired) electrons. The van der Waals surface area contributed by atoms with Gasteiger partial charge in [-0.2, -0.15) is 5.26 Å². The number of methoxy groups -OCH3 is 1. The molecule has 2 atom stereocenters. The average molecular weight is 580 g/mol. The lowest BCUT2D eigenvalue weighted by molar-refractivity contribution is -0.858. The summed E-state index contributed by atoms with van der Waals surface area (Å²) in [5, 5.41) is 24.8. The van der Waals surface area contributed by atoms with Crippen LogP contribution < -0.4 is 32.3 Å². The summed E-state index contributed by atoms with van der Waals surface area (Å²) < 4.78 is 18.6. The van der Waals surface area contributed by atoms with Gasteiger partial charge in [-0.15, -0.1) is 4.57 Å². The number of carbonyl (C=O) groups excluding carboxylic acids is 1. The third-order valence-corrected chi connectivity index (χ3v) is 6.78. The highest BCUT2D eigenvalue weighted by Gasteiger charge is 2.51. The molecule has 10 nitrogen and oxygen atoms in total. The number of hydrogen-bond donors (Lipinski definition) is 3. The molecule has 3 N–H and O–H groups in total. The third-order valence-electron chi connectivity index (χ3n) is 6.52. The summed E-state index contributed by atoms with van der Waals surface area (Å²) in [6.45, 7) is 3.05. The van der Waals surface area contributed by atoms with Crippen LogP contribution in [0, 0.1) is 22.8 Å². The highest BCUT2D eigenvalue weighted by Crippen LogP contribution is 2.28. The summed E-state index contributed by atoms with van der Waals surface area (Å²) >= 11 is 5.88. The fourth-order valence-electron chi connectivity index (χ4n) is 4.50. The van der Waals surface area contributed by atoms with Gasteiger partial charge in [-0.3, -0.25) is 14.9 Å². The van der Waals surface area contributed by atoms with Gasteiger partial charge in [0.15, 0.2) is 18.6 Å². The maximum absolute atomic E-state index is 11.3. The molecule has 0 spiro atoms. The number of guanidine groups is 1. The first-order chi connectivity index (χ1) is 18.5. The van der Waals surface area contributed by atoms with Crippen molar-refractivity contribution in [2.75, 3.05) is 38.7 Å². The number of rotatable bonds is 14. The SMILES string of the molecule is COC(OC=O)(C1CCCNC1)[n+]1ccc(NC(=N)N(C#N)CCCCCCOc2ccc(Cl)cc2)cc1.[Cl-]. The molecular weight excluding hydrogens is 543 g/mol. The third kappa shape index (κ3) is 9.25. The summed E-state index contributed by atoms with van der Waals surface area (Å²) in [5.74, 6) is -0.535. The first kappa shape index (κ1) is 32.1. The monoisotopic (exact) mass is 578 g/mol. The molecule has 1 fully saturated rings. The number of unbranched alkanes of at least 4 members (excludes halogenated alkanes) is 3. The van der Waals surface area contributed by atoms with Crippen molar-refractivity contribution in [3.63, 3.8) is 0 Å². The van der Waals surface area contributed by atoms with E-state index in [9.17, 15) is 10.1 Å². The molecule has 1 saturated heterocycles. The van der Waals surface area contributed by atoms with Crippen LogP contribution in [0.25, 0.3) is 0 Å². The van der Waals surface area contributed by atoms with E-state index in [4.69, 9.17) is 31.2 Å². The van der Waals surface area contributed by atoms with E-state index in [1.165, 1.54) is 12.0 Å². The van der Waals surface area contributed by atoms with E-state index in [2.05, 4.69) is 16.8 Å². The second kappa shape index (κ2) is 16.8. The molecule has 0 bridgehead atoms. The van der Waals surface area contributed by atoms with Gasteiger partial charge in [-0.05, 0) is 56.5 Å². The molecular formula is C27H36Cl2N6O4. The molecule has 2 unspecified atom stereocenters. The highest BCUT2D eigenvalue weighted by molar-refractivity contribution is 6.30. The zero-order valence-corrected chi connectivity index (χ0v) is 23.6. The predicted octanol–water partition coefficient (Wildman–Crippen LogP) is 0.830. The fourth-order valence-corrected chi connectivity index (χ4v) is 4.63. The zero-order valence-electron chi connectivity index (χ0n) is 22.1. The molecule has 3 rings (SSSR count). The molecule has 12 heteroatoms. The van der Waals surface area contributed by atoms with Crippen molar-refractivity contribution in [1.29, 1.82) is 10.7 Å². The molecule has 2 aromatic rings. The largest absolute Gasteiger partial charge is 1.00 e. The van der Waals surface area contributed by atoms with Gasteiger partial charge in [-0.25, -0.2) is 4.90 Å². The van der Waals surface area contributed by atoms with Crippen molar-refractivity contribution < 1.29 is 36.0 Å². The highest BCUT2D eigenvalue weighted by atomic mass is 35.5. The van der Waals surface area contributed by atoms with Gasteiger partial charge in [0.1, 0.15) is 11.7 Å². The van der Waals surface area contributed by atoms with E-state index in [0.717, 1.165) is 50.8 Å². The molecule has 1 aliphatic heterocycles. The molecule has 0 saturated carbocycles. The average Bonchev–Trinajstić information content (AvgIpc) is 2.95. The van der Waals surface area contributed by atoms with E-state index in [-0.39, 0.29) is 24.3 Å². The number of nitrogens with zero attached hydrogens (tertiary/aromatic N) is 3. The Labute approximate surface area is 241 Å². The maximum Gasteiger partial charge on any atom is 0.439 e. The molecule has 0 aliphatic carbocycles. The Kier molecular flexibility index (Phi) is 13.8. The predicted molar refractivity (Wildman–Crippen MR) is 143 cm³/mol. The lowest BCUT2D eigenvalue weighted by Gasteiger charge is -2.33. The number of pyridine rings is 1. The number of nitriles is 1. The summed E-state index contributed by atoms with van der Waals surface area (Å²) in [6, 6.07) is 10.8. The van der Waals surface area contributed by atoms with Crippen molar-refractivity contribution in [2.24, 2.45) is 5.92 Å². The number of aromatic nitrogens is 1. The van der Waals surface area contributed by atoms with Crippen LogP contribution >= 0.6 is 11.6 Å². The lowest BCUT2D eigenvalue weighted by Crippen LogP contribution is -3.00. The molecule has 1 aromatic carbocycles. The molecule has 212 valence electrons. The topological polar surface area (TPSA) is 124 Å². The number of piperidine rings is 1. The molecule has 0 amide bonds. The van der Waals surface area contributed by atoms with E-state index < -0.39 is 5.91 Å². The summed E-state index contributed by atoms with van der Waals surface area (Å²) in [4.78, 5) is 12.6. The standard InChI is InChI=1S/C27H35ClN6O4.ClH/c1-36-27(38-21-35,22-7-6-14-31-19-22)34-16-12-24(13-17-34)32-26(30)33(20-29)15-4-2-3-5-18-37-25-10-8-23(28)9-11-25;/h8-13,16-17,21-22,30-31H,2-7,14-15,18-19H2,1H3;1H. The Balaban J connectivity index is 0.00000533. The van der Waals surface area contributed by atoms with Crippen LogP contribution in [0.1, 0.15) is 38.5 Å². The van der Waals surface area contributed by atoms with Gasteiger partial charge in [0.25, 0.3) is 6.47 Å². The Morgan fingerprint density at radius 1 is 1.26 bits per heavy atom. The minimum atomic E-state index is -1.26. The van der Waals surface area contributed by atoms with E-state index in [1.807, 2.05) is 12.1 Å². The minimum absolute atomic E-state index is 0.